The zero-order valence-electron chi connectivity index (χ0n) is 15.4. The monoisotopic (exact) mass is 406 g/mol. The van der Waals surface area contributed by atoms with Gasteiger partial charge in [-0.2, -0.15) is 0 Å². The third-order valence-corrected chi connectivity index (χ3v) is 5.46. The second kappa shape index (κ2) is 7.97. The van der Waals surface area contributed by atoms with Crippen molar-refractivity contribution in [3.8, 4) is 0 Å². The molecule has 1 aliphatic rings. The van der Waals surface area contributed by atoms with Gasteiger partial charge in [-0.3, -0.25) is 9.59 Å². The lowest BCUT2D eigenvalue weighted by Gasteiger charge is -2.22. The van der Waals surface area contributed by atoms with Crippen molar-refractivity contribution in [2.75, 3.05) is 6.54 Å². The first-order valence-electron chi connectivity index (χ1n) is 9.04. The Bertz CT molecular complexity index is 911. The van der Waals surface area contributed by atoms with Gasteiger partial charge in [-0.1, -0.05) is 17.7 Å². The summed E-state index contributed by atoms with van der Waals surface area (Å²) >= 11 is 6.13. The van der Waals surface area contributed by atoms with Crippen molar-refractivity contribution in [1.82, 2.24) is 5.32 Å². The van der Waals surface area contributed by atoms with Crippen LogP contribution < -0.4 is 11.1 Å². The predicted octanol–water partition coefficient (Wildman–Crippen LogP) is 3.73. The Morgan fingerprint density at radius 1 is 1.18 bits per heavy atom. The summed E-state index contributed by atoms with van der Waals surface area (Å²) in [7, 11) is 0. The summed E-state index contributed by atoms with van der Waals surface area (Å²) in [5, 5.41) is 3.23. The predicted molar refractivity (Wildman–Crippen MR) is 103 cm³/mol. The van der Waals surface area contributed by atoms with Crippen LogP contribution in [-0.2, 0) is 10.2 Å². The van der Waals surface area contributed by atoms with E-state index in [1.54, 1.807) is 6.07 Å². The summed E-state index contributed by atoms with van der Waals surface area (Å²) < 4.78 is 28.5. The molecule has 4 nitrogen and oxygen atoms in total. The van der Waals surface area contributed by atoms with Crippen LogP contribution in [0.1, 0.15) is 47.7 Å². The molecule has 0 heterocycles. The van der Waals surface area contributed by atoms with Crippen LogP contribution in [0.5, 0.6) is 0 Å². The molecule has 1 atom stereocenters. The first-order valence-corrected chi connectivity index (χ1v) is 9.42. The van der Waals surface area contributed by atoms with E-state index in [-0.39, 0.29) is 28.6 Å². The van der Waals surface area contributed by atoms with E-state index < -0.39 is 28.7 Å². The molecule has 148 valence electrons. The van der Waals surface area contributed by atoms with Crippen molar-refractivity contribution in [2.24, 2.45) is 5.73 Å². The molecule has 1 amide bonds. The lowest BCUT2D eigenvalue weighted by Crippen LogP contribution is -2.37. The fourth-order valence-electron chi connectivity index (χ4n) is 3.35. The third-order valence-electron chi connectivity index (χ3n) is 5.15. The number of nitrogens with two attached hydrogens (primary N) is 1. The fourth-order valence-corrected chi connectivity index (χ4v) is 3.58. The Kier molecular flexibility index (Phi) is 5.82. The van der Waals surface area contributed by atoms with Gasteiger partial charge in [0.2, 0.25) is 5.91 Å². The molecule has 3 rings (SSSR count). The molecule has 0 unspecified atom stereocenters. The number of benzene rings is 2. The van der Waals surface area contributed by atoms with Gasteiger partial charge in [0.05, 0.1) is 10.6 Å². The molecule has 0 aromatic heterocycles. The molecular formula is C21H21ClF2N2O2. The van der Waals surface area contributed by atoms with Crippen molar-refractivity contribution < 1.29 is 18.4 Å². The molecule has 2 aromatic carbocycles. The Balaban J connectivity index is 1.87. The standard InChI is InChI=1S/C21H21ClF2N2O2/c1-12(10-17(25)27)26-11-21(8-9-21)15-6-7-16(22)18(19(15)24)20(28)13-2-4-14(23)5-3-13/h2-7,12,26H,8-11H2,1H3,(H2,25,27)/t12-/m0/s1. The van der Waals surface area contributed by atoms with E-state index in [1.807, 2.05) is 6.92 Å². The number of amides is 1. The Morgan fingerprint density at radius 2 is 1.82 bits per heavy atom. The molecule has 2 aromatic rings. The molecule has 0 saturated heterocycles. The molecule has 0 radical (unpaired) electrons. The summed E-state index contributed by atoms with van der Waals surface area (Å²) in [4.78, 5) is 23.8. The highest BCUT2D eigenvalue weighted by Crippen LogP contribution is 2.49. The fraction of sp³-hybridized carbons (Fsp3) is 0.333. The topological polar surface area (TPSA) is 72.2 Å². The molecule has 1 aliphatic carbocycles. The lowest BCUT2D eigenvalue weighted by molar-refractivity contribution is -0.118. The van der Waals surface area contributed by atoms with Crippen LogP contribution in [0.2, 0.25) is 5.02 Å². The van der Waals surface area contributed by atoms with Crippen molar-refractivity contribution in [1.29, 1.82) is 0 Å². The number of rotatable bonds is 8. The second-order valence-electron chi connectivity index (χ2n) is 7.35. The number of halogens is 3. The van der Waals surface area contributed by atoms with Gasteiger partial charge in [-0.15, -0.1) is 0 Å². The van der Waals surface area contributed by atoms with Crippen molar-refractivity contribution in [3.05, 3.63) is 69.7 Å². The van der Waals surface area contributed by atoms with E-state index in [1.165, 1.54) is 18.2 Å². The van der Waals surface area contributed by atoms with E-state index in [0.717, 1.165) is 25.0 Å². The van der Waals surface area contributed by atoms with Gasteiger partial charge >= 0.3 is 0 Å². The van der Waals surface area contributed by atoms with E-state index >= 15 is 4.39 Å². The highest BCUT2D eigenvalue weighted by atomic mass is 35.5. The van der Waals surface area contributed by atoms with Crippen LogP contribution >= 0.6 is 11.6 Å². The quantitative estimate of drug-likeness (QED) is 0.656. The van der Waals surface area contributed by atoms with Crippen LogP contribution in [0, 0.1) is 11.6 Å². The van der Waals surface area contributed by atoms with E-state index in [0.29, 0.717) is 12.1 Å². The van der Waals surface area contributed by atoms with Gasteiger partial charge in [0.25, 0.3) is 0 Å². The molecule has 0 bridgehead atoms. The maximum atomic E-state index is 15.3. The Hall–Kier alpha value is -2.31. The molecule has 0 aliphatic heterocycles. The highest BCUT2D eigenvalue weighted by molar-refractivity contribution is 6.35. The Labute approximate surface area is 167 Å². The second-order valence-corrected chi connectivity index (χ2v) is 7.76. The van der Waals surface area contributed by atoms with Gasteiger partial charge in [0, 0.05) is 30.0 Å². The maximum absolute atomic E-state index is 15.3. The highest BCUT2D eigenvalue weighted by Gasteiger charge is 2.46. The number of nitrogens with one attached hydrogen (secondary N) is 1. The molecule has 7 heteroatoms. The van der Waals surface area contributed by atoms with E-state index in [4.69, 9.17) is 17.3 Å². The van der Waals surface area contributed by atoms with Gasteiger partial charge < -0.3 is 11.1 Å². The number of ketones is 1. The number of carbonyl (C=O) groups excluding carboxylic acids is 2. The zero-order valence-corrected chi connectivity index (χ0v) is 16.2. The molecule has 1 saturated carbocycles. The summed E-state index contributed by atoms with van der Waals surface area (Å²) in [6.07, 6.45) is 1.70. The summed E-state index contributed by atoms with van der Waals surface area (Å²) in [5.41, 5.74) is 5.13. The Morgan fingerprint density at radius 3 is 2.39 bits per heavy atom. The number of carbonyl (C=O) groups is 2. The first kappa shape index (κ1) is 20.4. The number of hydrogen-bond donors (Lipinski definition) is 2. The van der Waals surface area contributed by atoms with E-state index in [9.17, 15) is 14.0 Å². The minimum Gasteiger partial charge on any atom is -0.370 e. The molecular weight excluding hydrogens is 386 g/mol. The van der Waals surface area contributed by atoms with Crippen LogP contribution in [0.4, 0.5) is 8.78 Å². The minimum atomic E-state index is -0.649. The van der Waals surface area contributed by atoms with Crippen molar-refractivity contribution in [3.63, 3.8) is 0 Å². The maximum Gasteiger partial charge on any atom is 0.218 e. The van der Waals surface area contributed by atoms with Crippen molar-refractivity contribution >= 4 is 23.3 Å². The largest absolute Gasteiger partial charge is 0.370 e. The summed E-state index contributed by atoms with van der Waals surface area (Å²) in [6, 6.07) is 7.90. The minimum absolute atomic E-state index is 0.0152. The van der Waals surface area contributed by atoms with Crippen LogP contribution in [0.25, 0.3) is 0 Å². The third kappa shape index (κ3) is 4.23. The van der Waals surface area contributed by atoms with Crippen molar-refractivity contribution in [2.45, 2.75) is 37.6 Å². The lowest BCUT2D eigenvalue weighted by atomic mass is 9.91. The molecule has 3 N–H and O–H groups in total. The van der Waals surface area contributed by atoms with Crippen LogP contribution in [0.15, 0.2) is 36.4 Å². The average molecular weight is 407 g/mol. The first-order chi connectivity index (χ1) is 13.2. The van der Waals surface area contributed by atoms with E-state index in [2.05, 4.69) is 5.32 Å². The van der Waals surface area contributed by atoms with Crippen LogP contribution in [0.3, 0.4) is 0 Å². The zero-order chi connectivity index (χ0) is 20.5. The smallest absolute Gasteiger partial charge is 0.218 e. The average Bonchev–Trinajstić information content (AvgIpc) is 3.41. The van der Waals surface area contributed by atoms with Gasteiger partial charge in [-0.25, -0.2) is 8.78 Å². The SMILES string of the molecule is C[C@@H](CC(N)=O)NCC1(c2ccc(Cl)c(C(=O)c3ccc(F)cc3)c2F)CC1. The molecule has 0 spiro atoms. The molecule has 28 heavy (non-hydrogen) atoms. The normalized spacial score (nSPS) is 15.9. The van der Waals surface area contributed by atoms with Gasteiger partial charge in [-0.05, 0) is 55.7 Å². The number of hydrogen-bond acceptors (Lipinski definition) is 3. The number of primary amides is 1. The molecule has 1 fully saturated rings. The van der Waals surface area contributed by atoms with Gasteiger partial charge in [0.15, 0.2) is 5.78 Å². The van der Waals surface area contributed by atoms with Crippen LogP contribution in [-0.4, -0.2) is 24.3 Å². The summed E-state index contributed by atoms with van der Waals surface area (Å²) in [6.45, 7) is 2.30. The van der Waals surface area contributed by atoms with Gasteiger partial charge in [0.1, 0.15) is 11.6 Å². The summed E-state index contributed by atoms with van der Waals surface area (Å²) in [5.74, 6) is -2.13.